The van der Waals surface area contributed by atoms with Gasteiger partial charge in [-0.15, -0.1) is 0 Å². The highest BCUT2D eigenvalue weighted by Gasteiger charge is 2.11. The Bertz CT molecular complexity index is 310. The molecule has 2 nitrogen and oxygen atoms in total. The Morgan fingerprint density at radius 3 is 2.24 bits per heavy atom. The van der Waals surface area contributed by atoms with Crippen LogP contribution in [0.15, 0.2) is 24.3 Å². The van der Waals surface area contributed by atoms with E-state index in [2.05, 4.69) is 34.9 Å². The smallest absolute Gasteiger partial charge is 0.0342 e. The van der Waals surface area contributed by atoms with E-state index < -0.39 is 0 Å². The van der Waals surface area contributed by atoms with Gasteiger partial charge in [0.05, 0.1) is 0 Å². The van der Waals surface area contributed by atoms with Crippen LogP contribution in [0.2, 0.25) is 0 Å². The predicted octanol–water partition coefficient (Wildman–Crippen LogP) is 3.54. The highest BCUT2D eigenvalue weighted by atomic mass is 14.9. The van der Waals surface area contributed by atoms with Crippen LogP contribution in [0.1, 0.15) is 44.1 Å². The summed E-state index contributed by atoms with van der Waals surface area (Å²) in [5, 5.41) is 6.84. The Morgan fingerprint density at radius 1 is 1.00 bits per heavy atom. The fourth-order valence-corrected chi connectivity index (χ4v) is 2.58. The second kappa shape index (κ2) is 6.65. The second-order valence-corrected chi connectivity index (χ2v) is 5.06. The summed E-state index contributed by atoms with van der Waals surface area (Å²) in [4.78, 5) is 0. The van der Waals surface area contributed by atoms with Gasteiger partial charge in [0.1, 0.15) is 0 Å². The van der Waals surface area contributed by atoms with Gasteiger partial charge < -0.3 is 10.6 Å². The van der Waals surface area contributed by atoms with Crippen molar-refractivity contribution in [2.24, 2.45) is 0 Å². The Morgan fingerprint density at radius 2 is 1.65 bits per heavy atom. The zero-order valence-corrected chi connectivity index (χ0v) is 10.8. The average Bonchev–Trinajstić information content (AvgIpc) is 2.61. The Balaban J connectivity index is 1.88. The highest BCUT2D eigenvalue weighted by Crippen LogP contribution is 2.21. The summed E-state index contributed by atoms with van der Waals surface area (Å²) in [6.07, 6.45) is 8.26. The zero-order valence-electron chi connectivity index (χ0n) is 10.8. The molecule has 2 N–H and O–H groups in total. The van der Waals surface area contributed by atoms with Gasteiger partial charge in [-0.25, -0.2) is 0 Å². The largest absolute Gasteiger partial charge is 0.382 e. The van der Waals surface area contributed by atoms with Gasteiger partial charge in [-0.3, -0.25) is 0 Å². The van der Waals surface area contributed by atoms with E-state index in [1.165, 1.54) is 49.8 Å². The van der Waals surface area contributed by atoms with Gasteiger partial charge in [-0.05, 0) is 37.6 Å². The van der Waals surface area contributed by atoms with Crippen LogP contribution in [-0.2, 0) is 6.54 Å². The molecule has 0 heterocycles. The minimum Gasteiger partial charge on any atom is -0.382 e. The molecule has 0 bridgehead atoms. The first-order valence-electron chi connectivity index (χ1n) is 6.88. The molecule has 0 unspecified atom stereocenters. The van der Waals surface area contributed by atoms with Crippen molar-refractivity contribution in [3.05, 3.63) is 29.8 Å². The van der Waals surface area contributed by atoms with Gasteiger partial charge in [-0.1, -0.05) is 37.8 Å². The Hall–Kier alpha value is -1.02. The number of hydrogen-bond donors (Lipinski definition) is 2. The maximum Gasteiger partial charge on any atom is 0.0342 e. The normalized spacial score (nSPS) is 17.7. The van der Waals surface area contributed by atoms with Crippen LogP contribution in [0.4, 0.5) is 5.69 Å². The number of hydrogen-bond acceptors (Lipinski definition) is 2. The molecule has 1 saturated carbocycles. The van der Waals surface area contributed by atoms with Crippen molar-refractivity contribution in [1.82, 2.24) is 5.32 Å². The molecule has 0 saturated heterocycles. The van der Waals surface area contributed by atoms with E-state index in [0.717, 1.165) is 6.54 Å². The average molecular weight is 232 g/mol. The third-order valence-corrected chi connectivity index (χ3v) is 3.56. The molecular formula is C15H24N2. The van der Waals surface area contributed by atoms with Crippen LogP contribution >= 0.6 is 0 Å². The Labute approximate surface area is 105 Å². The van der Waals surface area contributed by atoms with Crippen molar-refractivity contribution in [2.75, 3.05) is 12.4 Å². The summed E-state index contributed by atoms with van der Waals surface area (Å²) in [7, 11) is 1.98. The van der Waals surface area contributed by atoms with Crippen molar-refractivity contribution < 1.29 is 0 Å². The third-order valence-electron chi connectivity index (χ3n) is 3.56. The molecule has 0 spiro atoms. The minimum atomic E-state index is 0.688. The van der Waals surface area contributed by atoms with Gasteiger partial charge in [0.25, 0.3) is 0 Å². The summed E-state index contributed by atoms with van der Waals surface area (Å²) in [6.45, 7) is 0.948. The van der Waals surface area contributed by atoms with Gasteiger partial charge in [-0.2, -0.15) is 0 Å². The van der Waals surface area contributed by atoms with E-state index in [9.17, 15) is 0 Å². The van der Waals surface area contributed by atoms with E-state index in [4.69, 9.17) is 0 Å². The zero-order chi connectivity index (χ0) is 11.9. The molecular weight excluding hydrogens is 208 g/mol. The topological polar surface area (TPSA) is 24.1 Å². The lowest BCUT2D eigenvalue weighted by atomic mass is 10.1. The van der Waals surface area contributed by atoms with Crippen LogP contribution in [0.3, 0.4) is 0 Å². The number of benzene rings is 1. The number of nitrogens with one attached hydrogen (secondary N) is 2. The van der Waals surface area contributed by atoms with E-state index in [0.29, 0.717) is 6.04 Å². The lowest BCUT2D eigenvalue weighted by Gasteiger charge is -2.17. The first-order valence-corrected chi connectivity index (χ1v) is 6.88. The molecule has 1 fully saturated rings. The molecule has 1 aliphatic carbocycles. The van der Waals surface area contributed by atoms with Gasteiger partial charge in [0.15, 0.2) is 0 Å². The highest BCUT2D eigenvalue weighted by molar-refractivity contribution is 5.45. The summed E-state index contributed by atoms with van der Waals surface area (Å²) in [5.74, 6) is 0. The van der Waals surface area contributed by atoms with Crippen LogP contribution in [0, 0.1) is 0 Å². The third kappa shape index (κ3) is 4.04. The summed E-state index contributed by atoms with van der Waals surface area (Å²) >= 11 is 0. The predicted molar refractivity (Wildman–Crippen MR) is 74.3 cm³/mol. The van der Waals surface area contributed by atoms with Crippen LogP contribution in [0.25, 0.3) is 0 Å². The molecule has 0 aliphatic heterocycles. The lowest BCUT2D eigenvalue weighted by molar-refractivity contribution is 0.620. The van der Waals surface area contributed by atoms with Crippen LogP contribution in [0.5, 0.6) is 0 Å². The van der Waals surface area contributed by atoms with E-state index in [1.807, 2.05) is 7.05 Å². The molecule has 0 radical (unpaired) electrons. The maximum atomic E-state index is 3.67. The quantitative estimate of drug-likeness (QED) is 0.776. The second-order valence-electron chi connectivity index (χ2n) is 5.06. The maximum absolute atomic E-state index is 3.67. The summed E-state index contributed by atoms with van der Waals surface area (Å²) < 4.78 is 0. The SMILES string of the molecule is CNCc1ccc(NC2CCCCCC2)cc1. The van der Waals surface area contributed by atoms with Gasteiger partial charge in [0, 0.05) is 18.3 Å². The van der Waals surface area contributed by atoms with Crippen molar-refractivity contribution in [3.63, 3.8) is 0 Å². The molecule has 1 aromatic rings. The van der Waals surface area contributed by atoms with E-state index in [-0.39, 0.29) is 0 Å². The standard InChI is InChI=1S/C15H24N2/c1-16-12-13-8-10-15(11-9-13)17-14-6-4-2-3-5-7-14/h8-11,14,16-17H,2-7,12H2,1H3. The van der Waals surface area contributed by atoms with Crippen molar-refractivity contribution in [3.8, 4) is 0 Å². The molecule has 0 atom stereocenters. The van der Waals surface area contributed by atoms with E-state index in [1.54, 1.807) is 0 Å². The lowest BCUT2D eigenvalue weighted by Crippen LogP contribution is -2.18. The molecule has 0 amide bonds. The molecule has 2 rings (SSSR count). The minimum absolute atomic E-state index is 0.688. The molecule has 0 aromatic heterocycles. The fourth-order valence-electron chi connectivity index (χ4n) is 2.58. The first kappa shape index (κ1) is 12.4. The molecule has 2 heteroatoms. The summed E-state index contributed by atoms with van der Waals surface area (Å²) in [5.41, 5.74) is 2.62. The Kier molecular flexibility index (Phi) is 4.87. The summed E-state index contributed by atoms with van der Waals surface area (Å²) in [6, 6.07) is 9.51. The first-order chi connectivity index (χ1) is 8.38. The fraction of sp³-hybridized carbons (Fsp3) is 0.600. The van der Waals surface area contributed by atoms with Crippen molar-refractivity contribution >= 4 is 5.69 Å². The molecule has 1 aromatic carbocycles. The van der Waals surface area contributed by atoms with Crippen molar-refractivity contribution in [1.29, 1.82) is 0 Å². The van der Waals surface area contributed by atoms with Crippen LogP contribution in [-0.4, -0.2) is 13.1 Å². The number of anilines is 1. The monoisotopic (exact) mass is 232 g/mol. The van der Waals surface area contributed by atoms with Crippen molar-refractivity contribution in [2.45, 2.75) is 51.1 Å². The molecule has 94 valence electrons. The molecule has 1 aliphatic rings. The van der Waals surface area contributed by atoms with E-state index >= 15 is 0 Å². The van der Waals surface area contributed by atoms with Crippen LogP contribution < -0.4 is 10.6 Å². The van der Waals surface area contributed by atoms with Gasteiger partial charge >= 0.3 is 0 Å². The molecule has 17 heavy (non-hydrogen) atoms. The van der Waals surface area contributed by atoms with Gasteiger partial charge in [0.2, 0.25) is 0 Å². The number of rotatable bonds is 4.